The van der Waals surface area contributed by atoms with Gasteiger partial charge in [0.1, 0.15) is 17.5 Å². The normalized spacial score (nSPS) is 10.6. The minimum absolute atomic E-state index is 0.0303. The number of hydrogen-bond acceptors (Lipinski definition) is 5. The summed E-state index contributed by atoms with van der Waals surface area (Å²) >= 11 is 0. The number of nitriles is 1. The lowest BCUT2D eigenvalue weighted by Crippen LogP contribution is -2.26. The van der Waals surface area contributed by atoms with E-state index < -0.39 is 11.9 Å². The monoisotopic (exact) mass is 288 g/mol. The summed E-state index contributed by atoms with van der Waals surface area (Å²) in [4.78, 5) is 26.1. The van der Waals surface area contributed by atoms with Crippen LogP contribution in [-0.2, 0) is 9.59 Å². The van der Waals surface area contributed by atoms with Gasteiger partial charge in [-0.25, -0.2) is 4.98 Å². The third kappa shape index (κ3) is 6.20. The number of pyridine rings is 1. The van der Waals surface area contributed by atoms with Crippen LogP contribution in [0.15, 0.2) is 30.1 Å². The number of carbonyl (C=O) groups is 2. The highest BCUT2D eigenvalue weighted by atomic mass is 16.4. The molecular weight excluding hydrogens is 272 g/mol. The molecule has 7 nitrogen and oxygen atoms in total. The van der Waals surface area contributed by atoms with Crippen LogP contribution in [0.2, 0.25) is 0 Å². The van der Waals surface area contributed by atoms with Crippen molar-refractivity contribution in [3.05, 3.63) is 35.7 Å². The highest BCUT2D eigenvalue weighted by Crippen LogP contribution is 2.04. The fourth-order valence-electron chi connectivity index (χ4n) is 1.38. The first kappa shape index (κ1) is 16.2. The minimum Gasteiger partial charge on any atom is -0.481 e. The maximum atomic E-state index is 11.7. The average molecular weight is 288 g/mol. The van der Waals surface area contributed by atoms with Crippen molar-refractivity contribution in [2.75, 3.05) is 11.9 Å². The molecule has 0 aliphatic rings. The van der Waals surface area contributed by atoms with Crippen LogP contribution in [0.4, 0.5) is 5.82 Å². The van der Waals surface area contributed by atoms with Crippen molar-refractivity contribution in [1.29, 1.82) is 5.26 Å². The number of rotatable bonds is 7. The van der Waals surface area contributed by atoms with E-state index in [9.17, 15) is 9.59 Å². The van der Waals surface area contributed by atoms with E-state index in [1.54, 1.807) is 18.3 Å². The number of aliphatic carboxylic acids is 1. The molecule has 0 bridgehead atoms. The fourth-order valence-corrected chi connectivity index (χ4v) is 1.38. The Labute approximate surface area is 122 Å². The van der Waals surface area contributed by atoms with E-state index in [1.165, 1.54) is 6.20 Å². The molecule has 110 valence electrons. The molecule has 0 saturated heterocycles. The molecule has 0 fully saturated rings. The predicted octanol–water partition coefficient (Wildman–Crippen LogP) is 1.19. The van der Waals surface area contributed by atoms with E-state index >= 15 is 0 Å². The van der Waals surface area contributed by atoms with Crippen molar-refractivity contribution in [2.45, 2.75) is 19.8 Å². The van der Waals surface area contributed by atoms with Gasteiger partial charge in [0.2, 0.25) is 0 Å². The summed E-state index contributed by atoms with van der Waals surface area (Å²) in [5.41, 5.74) is 0.897. The number of anilines is 1. The van der Waals surface area contributed by atoms with Gasteiger partial charge in [-0.05, 0) is 25.0 Å². The summed E-state index contributed by atoms with van der Waals surface area (Å²) in [7, 11) is 0. The van der Waals surface area contributed by atoms with Gasteiger partial charge in [0.25, 0.3) is 5.91 Å². The van der Waals surface area contributed by atoms with Crippen molar-refractivity contribution in [3.8, 4) is 6.07 Å². The largest absolute Gasteiger partial charge is 0.481 e. The quantitative estimate of drug-likeness (QED) is 0.394. The highest BCUT2D eigenvalue weighted by Gasteiger charge is 2.08. The summed E-state index contributed by atoms with van der Waals surface area (Å²) in [6, 6.07) is 5.35. The highest BCUT2D eigenvalue weighted by molar-refractivity contribution is 5.97. The Bertz CT molecular complexity index is 573. The number of carbonyl (C=O) groups excluding carboxylic acids is 1. The van der Waals surface area contributed by atoms with E-state index in [0.29, 0.717) is 12.2 Å². The average Bonchev–Trinajstić information content (AvgIpc) is 2.46. The summed E-state index contributed by atoms with van der Waals surface area (Å²) in [6.45, 7) is 2.10. The van der Waals surface area contributed by atoms with Gasteiger partial charge in [-0.3, -0.25) is 9.59 Å². The minimum atomic E-state index is -0.924. The van der Waals surface area contributed by atoms with E-state index in [2.05, 4.69) is 15.6 Å². The molecule has 7 heteroatoms. The SMILES string of the molecule is Cc1ccc(N/C=C(/C#N)C(=O)NCCCC(=O)O)nc1. The standard InChI is InChI=1S/C14H16N4O3/c1-10-4-5-12(17-8-10)18-9-11(7-15)14(21)16-6-2-3-13(19)20/h4-5,8-9H,2-3,6H2,1H3,(H,16,21)(H,17,18)(H,19,20)/b11-9-. The lowest BCUT2D eigenvalue weighted by atomic mass is 10.2. The van der Waals surface area contributed by atoms with E-state index in [-0.39, 0.29) is 18.5 Å². The first-order valence-corrected chi connectivity index (χ1v) is 6.32. The van der Waals surface area contributed by atoms with Crippen LogP contribution >= 0.6 is 0 Å². The molecule has 0 saturated carbocycles. The van der Waals surface area contributed by atoms with Gasteiger partial charge in [0, 0.05) is 25.4 Å². The van der Waals surface area contributed by atoms with Crippen LogP contribution in [0.25, 0.3) is 0 Å². The number of hydrogen-bond donors (Lipinski definition) is 3. The number of aromatic nitrogens is 1. The Morgan fingerprint density at radius 1 is 1.48 bits per heavy atom. The molecule has 1 amide bonds. The summed E-state index contributed by atoms with van der Waals surface area (Å²) in [5.74, 6) is -0.957. The third-order valence-electron chi connectivity index (χ3n) is 2.49. The predicted molar refractivity (Wildman–Crippen MR) is 76.2 cm³/mol. The number of aryl methyl sites for hydroxylation is 1. The second-order valence-electron chi connectivity index (χ2n) is 4.29. The molecule has 0 aliphatic heterocycles. The molecule has 0 radical (unpaired) electrons. The van der Waals surface area contributed by atoms with E-state index in [4.69, 9.17) is 10.4 Å². The molecule has 0 spiro atoms. The Morgan fingerprint density at radius 2 is 2.24 bits per heavy atom. The summed E-state index contributed by atoms with van der Waals surface area (Å²) in [5, 5.41) is 22.6. The molecule has 0 atom stereocenters. The van der Waals surface area contributed by atoms with Crippen molar-refractivity contribution in [2.24, 2.45) is 0 Å². The van der Waals surface area contributed by atoms with Gasteiger partial charge in [0.15, 0.2) is 0 Å². The lowest BCUT2D eigenvalue weighted by Gasteiger charge is -2.04. The Balaban J connectivity index is 2.51. The van der Waals surface area contributed by atoms with Crippen LogP contribution in [0.3, 0.4) is 0 Å². The molecule has 21 heavy (non-hydrogen) atoms. The number of amides is 1. The second kappa shape index (κ2) is 8.32. The van der Waals surface area contributed by atoms with Gasteiger partial charge < -0.3 is 15.7 Å². The van der Waals surface area contributed by atoms with Gasteiger partial charge in [-0.1, -0.05) is 6.07 Å². The maximum Gasteiger partial charge on any atom is 0.303 e. The van der Waals surface area contributed by atoms with Gasteiger partial charge in [-0.2, -0.15) is 5.26 Å². The van der Waals surface area contributed by atoms with Crippen molar-refractivity contribution >= 4 is 17.7 Å². The van der Waals surface area contributed by atoms with Crippen molar-refractivity contribution < 1.29 is 14.7 Å². The molecule has 0 aliphatic carbocycles. The number of carboxylic acids is 1. The molecule has 0 aromatic carbocycles. The van der Waals surface area contributed by atoms with Gasteiger partial charge in [-0.15, -0.1) is 0 Å². The molecule has 1 aromatic rings. The molecular formula is C14H16N4O3. The Morgan fingerprint density at radius 3 is 2.81 bits per heavy atom. The van der Waals surface area contributed by atoms with Crippen molar-refractivity contribution in [1.82, 2.24) is 10.3 Å². The molecule has 0 unspecified atom stereocenters. The topological polar surface area (TPSA) is 115 Å². The zero-order valence-electron chi connectivity index (χ0n) is 11.6. The lowest BCUT2D eigenvalue weighted by molar-refractivity contribution is -0.137. The summed E-state index contributed by atoms with van der Waals surface area (Å²) in [6.07, 6.45) is 3.21. The second-order valence-corrected chi connectivity index (χ2v) is 4.29. The molecule has 1 aromatic heterocycles. The number of nitrogens with zero attached hydrogens (tertiary/aromatic N) is 2. The number of carboxylic acid groups (broad SMARTS) is 1. The van der Waals surface area contributed by atoms with Crippen molar-refractivity contribution in [3.63, 3.8) is 0 Å². The van der Waals surface area contributed by atoms with Crippen LogP contribution in [-0.4, -0.2) is 28.5 Å². The number of nitrogens with one attached hydrogen (secondary N) is 2. The van der Waals surface area contributed by atoms with E-state index in [0.717, 1.165) is 5.56 Å². The van der Waals surface area contributed by atoms with Crippen LogP contribution in [0.5, 0.6) is 0 Å². The van der Waals surface area contributed by atoms with Crippen LogP contribution in [0.1, 0.15) is 18.4 Å². The fraction of sp³-hybridized carbons (Fsp3) is 0.286. The van der Waals surface area contributed by atoms with Crippen LogP contribution < -0.4 is 10.6 Å². The maximum absolute atomic E-state index is 11.7. The molecule has 1 rings (SSSR count). The Hall–Kier alpha value is -2.88. The first-order valence-electron chi connectivity index (χ1n) is 6.32. The van der Waals surface area contributed by atoms with Gasteiger partial charge >= 0.3 is 5.97 Å². The Kier molecular flexibility index (Phi) is 6.41. The molecule has 1 heterocycles. The van der Waals surface area contributed by atoms with Gasteiger partial charge in [0.05, 0.1) is 0 Å². The zero-order chi connectivity index (χ0) is 15.7. The zero-order valence-corrected chi connectivity index (χ0v) is 11.6. The first-order chi connectivity index (χ1) is 10.0. The van der Waals surface area contributed by atoms with E-state index in [1.807, 2.05) is 13.0 Å². The smallest absolute Gasteiger partial charge is 0.303 e. The third-order valence-corrected chi connectivity index (χ3v) is 2.49. The molecule has 3 N–H and O–H groups in total. The van der Waals surface area contributed by atoms with Crippen LogP contribution in [0, 0.1) is 18.3 Å². The summed E-state index contributed by atoms with van der Waals surface area (Å²) < 4.78 is 0.